The number of hydrogen-bond acceptors (Lipinski definition) is 5. The lowest BCUT2D eigenvalue weighted by Gasteiger charge is -2.18. The number of rotatable bonds is 6. The van der Waals surface area contributed by atoms with Crippen LogP contribution < -0.4 is 10.6 Å². The zero-order chi connectivity index (χ0) is 28.6. The van der Waals surface area contributed by atoms with E-state index in [9.17, 15) is 22.8 Å². The highest BCUT2D eigenvalue weighted by Crippen LogP contribution is 2.36. The maximum atomic E-state index is 13.6. The predicted octanol–water partition coefficient (Wildman–Crippen LogP) is 7.55. The van der Waals surface area contributed by atoms with Gasteiger partial charge in [-0.3, -0.25) is 9.59 Å². The molecule has 7 nitrogen and oxygen atoms in total. The van der Waals surface area contributed by atoms with Gasteiger partial charge in [-0.1, -0.05) is 47.5 Å². The number of pyridine rings is 1. The fourth-order valence-electron chi connectivity index (χ4n) is 4.04. The molecule has 40 heavy (non-hydrogen) atoms. The predicted molar refractivity (Wildman–Crippen MR) is 148 cm³/mol. The maximum Gasteiger partial charge on any atom is 0.435 e. The van der Waals surface area contributed by atoms with Crippen molar-refractivity contribution in [2.45, 2.75) is 19.1 Å². The van der Waals surface area contributed by atoms with Crippen molar-refractivity contribution >= 4 is 62.8 Å². The summed E-state index contributed by atoms with van der Waals surface area (Å²) in [6.45, 7) is 1.80. The standard InChI is InChI=1S/C27H18Cl2F3N5O2S/c1-14(16-8-10-40-13-16)34-25(38)18-11-15-5-2-3-6-17(15)22(29)23(18)35-26(39)20-12-21(27(30,31)32)36-37(20)24-19(28)7-4-9-33-24/h2-14H,1H3,(H,34,38)(H,35,39). The molecule has 0 spiro atoms. The number of halogens is 5. The molecule has 2 amide bonds. The fraction of sp³-hybridized carbons (Fsp3) is 0.111. The van der Waals surface area contributed by atoms with Crippen LogP contribution in [0.15, 0.2) is 71.6 Å². The van der Waals surface area contributed by atoms with E-state index in [2.05, 4.69) is 20.7 Å². The van der Waals surface area contributed by atoms with E-state index in [0.29, 0.717) is 21.5 Å². The highest BCUT2D eigenvalue weighted by molar-refractivity contribution is 7.08. The monoisotopic (exact) mass is 603 g/mol. The highest BCUT2D eigenvalue weighted by Gasteiger charge is 2.37. The van der Waals surface area contributed by atoms with Gasteiger partial charge in [0.25, 0.3) is 11.8 Å². The number of nitrogens with zero attached hydrogens (tertiary/aromatic N) is 3. The molecule has 5 aromatic rings. The molecule has 1 atom stereocenters. The molecule has 0 saturated carbocycles. The van der Waals surface area contributed by atoms with E-state index in [1.165, 1.54) is 29.7 Å². The van der Waals surface area contributed by atoms with Crippen molar-refractivity contribution in [3.05, 3.63) is 104 Å². The van der Waals surface area contributed by atoms with Crippen molar-refractivity contribution in [1.29, 1.82) is 0 Å². The molecule has 2 aromatic carbocycles. The number of hydrogen-bond donors (Lipinski definition) is 2. The molecule has 0 bridgehead atoms. The molecule has 0 aliphatic heterocycles. The van der Waals surface area contributed by atoms with Crippen LogP contribution >= 0.6 is 34.5 Å². The van der Waals surface area contributed by atoms with E-state index in [-0.39, 0.29) is 33.2 Å². The first-order valence-corrected chi connectivity index (χ1v) is 13.4. The molecule has 3 heterocycles. The minimum atomic E-state index is -4.86. The number of carbonyl (C=O) groups excluding carboxylic acids is 2. The molecule has 1 unspecified atom stereocenters. The third-order valence-electron chi connectivity index (χ3n) is 6.03. The maximum absolute atomic E-state index is 13.6. The van der Waals surface area contributed by atoms with Gasteiger partial charge in [0.15, 0.2) is 11.5 Å². The van der Waals surface area contributed by atoms with Crippen LogP contribution in [0.1, 0.15) is 45.1 Å². The molecule has 0 fully saturated rings. The van der Waals surface area contributed by atoms with Crippen LogP contribution in [-0.4, -0.2) is 26.6 Å². The van der Waals surface area contributed by atoms with Gasteiger partial charge in [0.1, 0.15) is 5.69 Å². The minimum absolute atomic E-state index is 0.0251. The number of aromatic nitrogens is 3. The van der Waals surface area contributed by atoms with E-state index in [1.807, 2.05) is 16.8 Å². The van der Waals surface area contributed by atoms with Gasteiger partial charge < -0.3 is 10.6 Å². The number of thiophene rings is 1. The number of carbonyl (C=O) groups is 2. The molecule has 2 N–H and O–H groups in total. The Morgan fingerprint density at radius 2 is 1.82 bits per heavy atom. The zero-order valence-corrected chi connectivity index (χ0v) is 22.8. The number of alkyl halides is 3. The van der Waals surface area contributed by atoms with Gasteiger partial charge in [-0.15, -0.1) is 0 Å². The van der Waals surface area contributed by atoms with E-state index >= 15 is 0 Å². The van der Waals surface area contributed by atoms with Crippen molar-refractivity contribution in [1.82, 2.24) is 20.1 Å². The van der Waals surface area contributed by atoms with Crippen molar-refractivity contribution < 1.29 is 22.8 Å². The Bertz CT molecular complexity index is 1740. The van der Waals surface area contributed by atoms with Crippen LogP contribution in [-0.2, 0) is 6.18 Å². The molecular formula is C27H18Cl2F3N5O2S. The highest BCUT2D eigenvalue weighted by atomic mass is 35.5. The van der Waals surface area contributed by atoms with E-state index in [0.717, 1.165) is 5.56 Å². The Labute approximate surface area is 239 Å². The normalized spacial score (nSPS) is 12.3. The first-order chi connectivity index (χ1) is 19.0. The third-order valence-corrected chi connectivity index (χ3v) is 7.42. The van der Waals surface area contributed by atoms with Gasteiger partial charge in [-0.05, 0) is 52.9 Å². The van der Waals surface area contributed by atoms with E-state index in [1.54, 1.807) is 37.3 Å². The zero-order valence-electron chi connectivity index (χ0n) is 20.5. The molecule has 3 aromatic heterocycles. The summed E-state index contributed by atoms with van der Waals surface area (Å²) in [4.78, 5) is 31.0. The van der Waals surface area contributed by atoms with Gasteiger partial charge >= 0.3 is 6.18 Å². The molecule has 5 rings (SSSR count). The summed E-state index contributed by atoms with van der Waals surface area (Å²) in [7, 11) is 0. The summed E-state index contributed by atoms with van der Waals surface area (Å²) < 4.78 is 41.5. The molecule has 0 radical (unpaired) electrons. The lowest BCUT2D eigenvalue weighted by Crippen LogP contribution is -2.28. The number of anilines is 1. The van der Waals surface area contributed by atoms with Crippen LogP contribution in [0, 0.1) is 0 Å². The van der Waals surface area contributed by atoms with Gasteiger partial charge in [0.2, 0.25) is 0 Å². The van der Waals surface area contributed by atoms with Gasteiger partial charge in [-0.25, -0.2) is 9.67 Å². The van der Waals surface area contributed by atoms with Gasteiger partial charge in [-0.2, -0.15) is 29.6 Å². The summed E-state index contributed by atoms with van der Waals surface area (Å²) in [5.41, 5.74) is -1.01. The second-order valence-corrected chi connectivity index (χ2v) is 10.2. The molecule has 13 heteroatoms. The Morgan fingerprint density at radius 3 is 2.52 bits per heavy atom. The average Bonchev–Trinajstić information content (AvgIpc) is 3.61. The van der Waals surface area contributed by atoms with E-state index < -0.39 is 29.4 Å². The van der Waals surface area contributed by atoms with E-state index in [4.69, 9.17) is 23.2 Å². The minimum Gasteiger partial charge on any atom is -0.345 e. The molecule has 0 aliphatic carbocycles. The average molecular weight is 604 g/mol. The molecular weight excluding hydrogens is 586 g/mol. The Morgan fingerprint density at radius 1 is 1.05 bits per heavy atom. The molecule has 0 aliphatic rings. The van der Waals surface area contributed by atoms with Crippen LogP contribution in [0.5, 0.6) is 0 Å². The van der Waals surface area contributed by atoms with Crippen molar-refractivity contribution in [2.24, 2.45) is 0 Å². The Kier molecular flexibility index (Phi) is 7.54. The summed E-state index contributed by atoms with van der Waals surface area (Å²) >= 11 is 14.3. The quantitative estimate of drug-likeness (QED) is 0.210. The topological polar surface area (TPSA) is 88.9 Å². The first-order valence-electron chi connectivity index (χ1n) is 11.7. The van der Waals surface area contributed by atoms with Crippen molar-refractivity contribution in [3.63, 3.8) is 0 Å². The number of nitrogens with one attached hydrogen (secondary N) is 2. The van der Waals surface area contributed by atoms with Gasteiger partial charge in [0.05, 0.1) is 27.3 Å². The second kappa shape index (κ2) is 10.9. The summed E-state index contributed by atoms with van der Waals surface area (Å²) in [5, 5.41) is 13.9. The van der Waals surface area contributed by atoms with Crippen molar-refractivity contribution in [3.8, 4) is 5.82 Å². The summed E-state index contributed by atoms with van der Waals surface area (Å²) in [6, 6.07) is 13.5. The molecule has 0 saturated heterocycles. The summed E-state index contributed by atoms with van der Waals surface area (Å²) in [5.74, 6) is -1.74. The Hall–Kier alpha value is -3.93. The first kappa shape index (κ1) is 27.6. The number of amides is 2. The Balaban J connectivity index is 1.59. The van der Waals surface area contributed by atoms with Crippen LogP contribution in [0.25, 0.3) is 16.6 Å². The van der Waals surface area contributed by atoms with Gasteiger partial charge in [0, 0.05) is 17.6 Å². The third kappa shape index (κ3) is 5.40. The largest absolute Gasteiger partial charge is 0.435 e. The number of benzene rings is 2. The van der Waals surface area contributed by atoms with Crippen LogP contribution in [0.2, 0.25) is 10.0 Å². The van der Waals surface area contributed by atoms with Crippen LogP contribution in [0.4, 0.5) is 18.9 Å². The molecule has 204 valence electrons. The second-order valence-electron chi connectivity index (χ2n) is 8.67. The lowest BCUT2D eigenvalue weighted by atomic mass is 10.0. The lowest BCUT2D eigenvalue weighted by molar-refractivity contribution is -0.141. The fourth-order valence-corrected chi connectivity index (χ4v) is 5.31. The summed E-state index contributed by atoms with van der Waals surface area (Å²) in [6.07, 6.45) is -3.56. The smallest absolute Gasteiger partial charge is 0.345 e. The number of fused-ring (bicyclic) bond motifs is 1. The van der Waals surface area contributed by atoms with Crippen LogP contribution in [0.3, 0.4) is 0 Å². The van der Waals surface area contributed by atoms with Crippen molar-refractivity contribution in [2.75, 3.05) is 5.32 Å². The SMILES string of the molecule is CC(NC(=O)c1cc2ccccc2c(Cl)c1NC(=O)c1cc(C(F)(F)F)nn1-c1ncccc1Cl)c1ccsc1.